The Morgan fingerprint density at radius 2 is 1.12 bits per heavy atom. The molecule has 0 radical (unpaired) electrons. The lowest BCUT2D eigenvalue weighted by Gasteiger charge is -2.16. The van der Waals surface area contributed by atoms with Gasteiger partial charge >= 0.3 is 0 Å². The number of fused-ring (bicyclic) bond motifs is 8. The minimum Gasteiger partial charge on any atom is -0.309 e. The van der Waals surface area contributed by atoms with Crippen LogP contribution in [0.1, 0.15) is 25.3 Å². The van der Waals surface area contributed by atoms with Crippen LogP contribution in [0.5, 0.6) is 0 Å². The van der Waals surface area contributed by atoms with E-state index in [1.807, 2.05) is 6.20 Å². The second-order valence-corrected chi connectivity index (χ2v) is 11.0. The van der Waals surface area contributed by atoms with Crippen LogP contribution in [0, 0.1) is 0 Å². The van der Waals surface area contributed by atoms with Gasteiger partial charge in [-0.05, 0) is 74.8 Å². The van der Waals surface area contributed by atoms with E-state index in [1.165, 1.54) is 65.4 Å². The molecule has 8 rings (SSSR count). The van der Waals surface area contributed by atoms with E-state index < -0.39 is 0 Å². The van der Waals surface area contributed by atoms with Gasteiger partial charge in [0.15, 0.2) is 0 Å². The Kier molecular flexibility index (Phi) is 5.05. The van der Waals surface area contributed by atoms with Gasteiger partial charge in [0, 0.05) is 33.6 Å². The molecule has 0 aliphatic carbocycles. The van der Waals surface area contributed by atoms with E-state index in [0.717, 1.165) is 11.3 Å². The maximum atomic E-state index is 4.98. The molecular formula is C38H28N2. The van der Waals surface area contributed by atoms with Crippen LogP contribution < -0.4 is 0 Å². The molecule has 0 fully saturated rings. The number of benzene rings is 6. The molecule has 6 aromatic carbocycles. The number of aromatic nitrogens is 2. The van der Waals surface area contributed by atoms with Crippen molar-refractivity contribution < 1.29 is 0 Å². The summed E-state index contributed by atoms with van der Waals surface area (Å²) in [6.45, 7) is 4.54. The van der Waals surface area contributed by atoms with Crippen LogP contribution in [-0.4, -0.2) is 9.55 Å². The summed E-state index contributed by atoms with van der Waals surface area (Å²) in [6.07, 6.45) is 1.97. The first-order chi connectivity index (χ1) is 19.7. The summed E-state index contributed by atoms with van der Waals surface area (Å²) < 4.78 is 2.41. The molecule has 0 unspecified atom stereocenters. The molecule has 0 bridgehead atoms. The lowest BCUT2D eigenvalue weighted by Crippen LogP contribution is -1.99. The summed E-state index contributed by atoms with van der Waals surface area (Å²) in [4.78, 5) is 4.98. The van der Waals surface area contributed by atoms with Crippen molar-refractivity contribution in [2.45, 2.75) is 19.8 Å². The highest BCUT2D eigenvalue weighted by atomic mass is 15.0. The van der Waals surface area contributed by atoms with Crippen molar-refractivity contribution >= 4 is 54.1 Å². The van der Waals surface area contributed by atoms with Crippen LogP contribution in [0.3, 0.4) is 0 Å². The molecule has 0 saturated carbocycles. The third-order valence-electron chi connectivity index (χ3n) is 8.39. The van der Waals surface area contributed by atoms with E-state index in [0.29, 0.717) is 5.92 Å². The van der Waals surface area contributed by atoms with E-state index in [2.05, 4.69) is 140 Å². The maximum absolute atomic E-state index is 4.98. The fourth-order valence-corrected chi connectivity index (χ4v) is 6.42. The summed E-state index contributed by atoms with van der Waals surface area (Å²) in [5.41, 5.74) is 7.09. The molecule has 190 valence electrons. The molecule has 0 saturated heterocycles. The molecule has 2 heteroatoms. The molecule has 2 aromatic heterocycles. The molecule has 0 aliphatic heterocycles. The molecule has 2 nitrogen and oxygen atoms in total. The van der Waals surface area contributed by atoms with Crippen LogP contribution in [0.25, 0.3) is 71.1 Å². The highest BCUT2D eigenvalue weighted by molar-refractivity contribution is 6.19. The normalized spacial score (nSPS) is 12.0. The average molecular weight is 513 g/mol. The van der Waals surface area contributed by atoms with Crippen molar-refractivity contribution in [1.29, 1.82) is 0 Å². The molecule has 0 aliphatic rings. The Morgan fingerprint density at radius 3 is 1.88 bits per heavy atom. The Bertz CT molecular complexity index is 2200. The largest absolute Gasteiger partial charge is 0.309 e. The van der Waals surface area contributed by atoms with Crippen molar-refractivity contribution in [2.24, 2.45) is 0 Å². The van der Waals surface area contributed by atoms with Crippen LogP contribution in [0.15, 0.2) is 128 Å². The van der Waals surface area contributed by atoms with Crippen molar-refractivity contribution in [3.63, 3.8) is 0 Å². The first-order valence-electron chi connectivity index (χ1n) is 14.0. The van der Waals surface area contributed by atoms with E-state index >= 15 is 0 Å². The summed E-state index contributed by atoms with van der Waals surface area (Å²) in [7, 11) is 0. The van der Waals surface area contributed by atoms with Gasteiger partial charge in [-0.15, -0.1) is 0 Å². The lowest BCUT2D eigenvalue weighted by atomic mass is 9.93. The van der Waals surface area contributed by atoms with Gasteiger partial charge in [0.1, 0.15) is 0 Å². The predicted octanol–water partition coefficient (Wildman–Crippen LogP) is 10.4. The summed E-state index contributed by atoms with van der Waals surface area (Å²) in [5.74, 6) is 0.383. The zero-order chi connectivity index (χ0) is 26.8. The molecular weight excluding hydrogens is 484 g/mol. The van der Waals surface area contributed by atoms with Gasteiger partial charge in [-0.1, -0.05) is 98.8 Å². The fraction of sp³-hybridized carbons (Fsp3) is 0.0789. The second kappa shape index (κ2) is 8.79. The number of para-hydroxylation sites is 2. The molecule has 8 aromatic rings. The Labute approximate surface area is 233 Å². The monoisotopic (exact) mass is 512 g/mol. The fourth-order valence-electron chi connectivity index (χ4n) is 6.42. The SMILES string of the molecule is CC(C)c1cc(-c2nccc3c2ccc2c4ccccc4ccc32)cc(-n2c3ccccc3c3ccccc32)c1. The molecule has 0 spiro atoms. The van der Waals surface area contributed by atoms with Crippen LogP contribution in [-0.2, 0) is 0 Å². The van der Waals surface area contributed by atoms with Gasteiger partial charge in [-0.3, -0.25) is 4.98 Å². The van der Waals surface area contributed by atoms with Crippen LogP contribution in [0.2, 0.25) is 0 Å². The third-order valence-corrected chi connectivity index (χ3v) is 8.39. The van der Waals surface area contributed by atoms with E-state index in [9.17, 15) is 0 Å². The maximum Gasteiger partial charge on any atom is 0.0781 e. The van der Waals surface area contributed by atoms with Crippen LogP contribution >= 0.6 is 0 Å². The van der Waals surface area contributed by atoms with Gasteiger partial charge in [0.05, 0.1) is 16.7 Å². The summed E-state index contributed by atoms with van der Waals surface area (Å²) in [5, 5.41) is 10.1. The number of nitrogens with zero attached hydrogens (tertiary/aromatic N) is 2. The van der Waals surface area contributed by atoms with Gasteiger partial charge in [-0.2, -0.15) is 0 Å². The Morgan fingerprint density at radius 1 is 0.525 bits per heavy atom. The highest BCUT2D eigenvalue weighted by Gasteiger charge is 2.16. The molecule has 0 amide bonds. The number of hydrogen-bond acceptors (Lipinski definition) is 1. The predicted molar refractivity (Wildman–Crippen MR) is 171 cm³/mol. The minimum absolute atomic E-state index is 0.383. The van der Waals surface area contributed by atoms with Crippen molar-refractivity contribution in [3.8, 4) is 16.9 Å². The number of hydrogen-bond donors (Lipinski definition) is 0. The van der Waals surface area contributed by atoms with Crippen molar-refractivity contribution in [1.82, 2.24) is 9.55 Å². The van der Waals surface area contributed by atoms with Gasteiger partial charge in [0.25, 0.3) is 0 Å². The van der Waals surface area contributed by atoms with E-state index in [4.69, 9.17) is 4.98 Å². The highest BCUT2D eigenvalue weighted by Crippen LogP contribution is 2.38. The van der Waals surface area contributed by atoms with Gasteiger partial charge in [-0.25, -0.2) is 0 Å². The summed E-state index contributed by atoms with van der Waals surface area (Å²) in [6, 6.07) is 44.2. The standard InChI is InChI=1S/C38H28N2/c1-24(2)26-21-27(23-28(22-26)40-36-13-7-5-11-33(36)34-12-6-8-14-37(34)40)38-35-18-17-30-29-10-4-3-9-25(29)15-16-31(30)32(35)19-20-39-38/h3-24H,1-2H3. The Hall–Kier alpha value is -4.95. The van der Waals surface area contributed by atoms with E-state index in [1.54, 1.807) is 0 Å². The molecule has 2 heterocycles. The topological polar surface area (TPSA) is 17.8 Å². The second-order valence-electron chi connectivity index (χ2n) is 11.0. The van der Waals surface area contributed by atoms with Crippen molar-refractivity contribution in [2.75, 3.05) is 0 Å². The Balaban J connectivity index is 1.42. The van der Waals surface area contributed by atoms with Crippen molar-refractivity contribution in [3.05, 3.63) is 133 Å². The van der Waals surface area contributed by atoms with Gasteiger partial charge in [0.2, 0.25) is 0 Å². The summed E-state index contributed by atoms with van der Waals surface area (Å²) >= 11 is 0. The lowest BCUT2D eigenvalue weighted by molar-refractivity contribution is 0.864. The first kappa shape index (κ1) is 23.0. The van der Waals surface area contributed by atoms with E-state index in [-0.39, 0.29) is 0 Å². The average Bonchev–Trinajstić information content (AvgIpc) is 3.34. The first-order valence-corrected chi connectivity index (χ1v) is 14.0. The van der Waals surface area contributed by atoms with Gasteiger partial charge < -0.3 is 4.57 Å². The molecule has 40 heavy (non-hydrogen) atoms. The molecule has 0 atom stereocenters. The zero-order valence-electron chi connectivity index (χ0n) is 22.6. The van der Waals surface area contributed by atoms with Crippen LogP contribution in [0.4, 0.5) is 0 Å². The quantitative estimate of drug-likeness (QED) is 0.215. The third kappa shape index (κ3) is 3.39. The number of rotatable bonds is 3. The number of pyridine rings is 1. The smallest absolute Gasteiger partial charge is 0.0781 e. The molecule has 0 N–H and O–H groups in total. The minimum atomic E-state index is 0.383. The zero-order valence-corrected chi connectivity index (χ0v) is 22.6.